The van der Waals surface area contributed by atoms with Gasteiger partial charge in [0.05, 0.1) is 6.04 Å². The van der Waals surface area contributed by atoms with E-state index in [1.54, 1.807) is 12.4 Å². The topological polar surface area (TPSA) is 54.0 Å². The Balaban J connectivity index is 1.58. The van der Waals surface area contributed by atoms with Gasteiger partial charge in [-0.2, -0.15) is 0 Å². The van der Waals surface area contributed by atoms with Crippen LogP contribution in [0.4, 0.5) is 14.5 Å². The Bertz CT molecular complexity index is 1010. The van der Waals surface area contributed by atoms with Crippen LogP contribution in [-0.4, -0.2) is 10.9 Å². The van der Waals surface area contributed by atoms with Gasteiger partial charge >= 0.3 is 0 Å². The first-order valence-corrected chi connectivity index (χ1v) is 9.17. The molecule has 1 amide bonds. The average molecular weight is 393 g/mol. The highest BCUT2D eigenvalue weighted by Crippen LogP contribution is 2.18. The molecule has 0 fully saturated rings. The van der Waals surface area contributed by atoms with E-state index in [1.165, 1.54) is 18.2 Å². The molecule has 0 unspecified atom stereocenters. The van der Waals surface area contributed by atoms with Crippen LogP contribution in [0.25, 0.3) is 6.08 Å². The summed E-state index contributed by atoms with van der Waals surface area (Å²) in [5, 5.41) is 6.20. The number of amides is 1. The number of anilines is 1. The first-order chi connectivity index (χ1) is 14.0. The molecule has 2 aromatic carbocycles. The van der Waals surface area contributed by atoms with Crippen molar-refractivity contribution < 1.29 is 13.6 Å². The van der Waals surface area contributed by atoms with Crippen molar-refractivity contribution >= 4 is 17.7 Å². The Labute approximate surface area is 168 Å². The van der Waals surface area contributed by atoms with Gasteiger partial charge in [-0.05, 0) is 60.0 Å². The molecule has 148 valence electrons. The summed E-state index contributed by atoms with van der Waals surface area (Å²) in [5.41, 5.74) is 3.36. The molecule has 6 heteroatoms. The molecule has 0 saturated carbocycles. The van der Waals surface area contributed by atoms with E-state index in [1.807, 2.05) is 43.3 Å². The summed E-state index contributed by atoms with van der Waals surface area (Å²) in [6, 6.07) is 14.9. The minimum Gasteiger partial charge on any atom is -0.381 e. The van der Waals surface area contributed by atoms with Crippen molar-refractivity contribution in [2.75, 3.05) is 5.32 Å². The number of hydrogen-bond donors (Lipinski definition) is 2. The molecule has 0 bridgehead atoms. The molecule has 0 aliphatic carbocycles. The van der Waals surface area contributed by atoms with Gasteiger partial charge in [0.25, 0.3) is 0 Å². The fraction of sp³-hybridized carbons (Fsp3) is 0.130. The van der Waals surface area contributed by atoms with Crippen LogP contribution < -0.4 is 10.6 Å². The third-order valence-electron chi connectivity index (χ3n) is 4.34. The molecule has 0 radical (unpaired) electrons. The Morgan fingerprint density at radius 3 is 2.72 bits per heavy atom. The molecular formula is C23H21F2N3O. The van der Waals surface area contributed by atoms with Crippen LogP contribution in [0, 0.1) is 11.6 Å². The minimum atomic E-state index is -0.948. The highest BCUT2D eigenvalue weighted by Gasteiger charge is 2.08. The molecule has 0 spiro atoms. The highest BCUT2D eigenvalue weighted by atomic mass is 19.2. The zero-order valence-electron chi connectivity index (χ0n) is 15.9. The third kappa shape index (κ3) is 5.97. The standard InChI is InChI=1S/C23H21F2N3O/c1-16(28-23(29)10-8-17-7-9-21(24)22(25)12-17)19-5-2-6-20(13-19)27-15-18-4-3-11-26-14-18/h2-14,16,27H,15H2,1H3,(H,28,29)/t16-/m0/s1. The van der Waals surface area contributed by atoms with Gasteiger partial charge in [-0.3, -0.25) is 9.78 Å². The van der Waals surface area contributed by atoms with Crippen LogP contribution in [0.1, 0.15) is 29.7 Å². The molecule has 2 N–H and O–H groups in total. The van der Waals surface area contributed by atoms with E-state index in [-0.39, 0.29) is 11.9 Å². The van der Waals surface area contributed by atoms with E-state index in [9.17, 15) is 13.6 Å². The van der Waals surface area contributed by atoms with Gasteiger partial charge in [0.1, 0.15) is 0 Å². The van der Waals surface area contributed by atoms with E-state index in [2.05, 4.69) is 15.6 Å². The molecule has 3 aromatic rings. The van der Waals surface area contributed by atoms with E-state index < -0.39 is 11.6 Å². The van der Waals surface area contributed by atoms with E-state index in [0.29, 0.717) is 12.1 Å². The Morgan fingerprint density at radius 2 is 1.97 bits per heavy atom. The van der Waals surface area contributed by atoms with Crippen LogP contribution in [0.3, 0.4) is 0 Å². The lowest BCUT2D eigenvalue weighted by molar-refractivity contribution is -0.117. The van der Waals surface area contributed by atoms with E-state index >= 15 is 0 Å². The van der Waals surface area contributed by atoms with Crippen LogP contribution in [-0.2, 0) is 11.3 Å². The van der Waals surface area contributed by atoms with Gasteiger partial charge in [0.15, 0.2) is 11.6 Å². The lowest BCUT2D eigenvalue weighted by Gasteiger charge is -2.15. The molecule has 0 aliphatic heterocycles. The summed E-state index contributed by atoms with van der Waals surface area (Å²) in [7, 11) is 0. The van der Waals surface area contributed by atoms with Gasteiger partial charge in [-0.15, -0.1) is 0 Å². The second-order valence-electron chi connectivity index (χ2n) is 6.58. The van der Waals surface area contributed by atoms with Crippen molar-refractivity contribution in [1.82, 2.24) is 10.3 Å². The normalized spacial score (nSPS) is 12.0. The Morgan fingerprint density at radius 1 is 1.10 bits per heavy atom. The lowest BCUT2D eigenvalue weighted by atomic mass is 10.1. The summed E-state index contributed by atoms with van der Waals surface area (Å²) in [6.07, 6.45) is 6.28. The number of nitrogens with one attached hydrogen (secondary N) is 2. The fourth-order valence-corrected chi connectivity index (χ4v) is 2.76. The van der Waals surface area contributed by atoms with Crippen molar-refractivity contribution in [3.63, 3.8) is 0 Å². The van der Waals surface area contributed by atoms with Crippen molar-refractivity contribution in [3.8, 4) is 0 Å². The minimum absolute atomic E-state index is 0.225. The molecule has 0 saturated heterocycles. The third-order valence-corrected chi connectivity index (χ3v) is 4.34. The maximum Gasteiger partial charge on any atom is 0.244 e. The summed E-state index contributed by atoms with van der Waals surface area (Å²) in [5.74, 6) is -2.19. The second-order valence-corrected chi connectivity index (χ2v) is 6.58. The number of halogens is 2. The number of pyridine rings is 1. The maximum absolute atomic E-state index is 13.2. The summed E-state index contributed by atoms with van der Waals surface area (Å²) >= 11 is 0. The first kappa shape index (κ1) is 20.2. The second kappa shape index (κ2) is 9.59. The smallest absolute Gasteiger partial charge is 0.244 e. The van der Waals surface area contributed by atoms with Crippen LogP contribution in [0.15, 0.2) is 73.1 Å². The summed E-state index contributed by atoms with van der Waals surface area (Å²) < 4.78 is 26.2. The zero-order valence-corrected chi connectivity index (χ0v) is 15.9. The van der Waals surface area contributed by atoms with Crippen molar-refractivity contribution in [2.45, 2.75) is 19.5 Å². The molecule has 29 heavy (non-hydrogen) atoms. The monoisotopic (exact) mass is 393 g/mol. The van der Waals surface area contributed by atoms with Gasteiger partial charge in [-0.1, -0.05) is 24.3 Å². The van der Waals surface area contributed by atoms with Gasteiger partial charge < -0.3 is 10.6 Å². The number of carbonyl (C=O) groups is 1. The molecule has 3 rings (SSSR count). The number of rotatable bonds is 7. The Kier molecular flexibility index (Phi) is 6.68. The van der Waals surface area contributed by atoms with Crippen molar-refractivity contribution in [2.24, 2.45) is 0 Å². The van der Waals surface area contributed by atoms with Crippen molar-refractivity contribution in [3.05, 3.63) is 101 Å². The molecular weight excluding hydrogens is 372 g/mol. The Hall–Kier alpha value is -3.54. The average Bonchev–Trinajstić information content (AvgIpc) is 2.74. The van der Waals surface area contributed by atoms with Gasteiger partial charge in [0, 0.05) is 30.7 Å². The number of carbonyl (C=O) groups excluding carboxylic acids is 1. The molecule has 0 aliphatic rings. The summed E-state index contributed by atoms with van der Waals surface area (Å²) in [4.78, 5) is 16.2. The largest absolute Gasteiger partial charge is 0.381 e. The van der Waals surface area contributed by atoms with Crippen molar-refractivity contribution in [1.29, 1.82) is 0 Å². The number of benzene rings is 2. The zero-order chi connectivity index (χ0) is 20.6. The number of nitrogens with zero attached hydrogens (tertiary/aromatic N) is 1. The van der Waals surface area contributed by atoms with E-state index in [0.717, 1.165) is 28.9 Å². The molecule has 1 atom stereocenters. The lowest BCUT2D eigenvalue weighted by Crippen LogP contribution is -2.24. The van der Waals surface area contributed by atoms with Crippen LogP contribution in [0.5, 0.6) is 0 Å². The molecule has 4 nitrogen and oxygen atoms in total. The SMILES string of the molecule is C[C@H](NC(=O)C=Cc1ccc(F)c(F)c1)c1cccc(NCc2cccnc2)c1. The fourth-order valence-electron chi connectivity index (χ4n) is 2.76. The number of aromatic nitrogens is 1. The summed E-state index contributed by atoms with van der Waals surface area (Å²) in [6.45, 7) is 2.53. The van der Waals surface area contributed by atoms with Gasteiger partial charge in [-0.25, -0.2) is 8.78 Å². The van der Waals surface area contributed by atoms with E-state index in [4.69, 9.17) is 0 Å². The predicted molar refractivity (Wildman–Crippen MR) is 110 cm³/mol. The van der Waals surface area contributed by atoms with Crippen LogP contribution in [0.2, 0.25) is 0 Å². The van der Waals surface area contributed by atoms with Gasteiger partial charge in [0.2, 0.25) is 5.91 Å². The maximum atomic E-state index is 13.2. The first-order valence-electron chi connectivity index (χ1n) is 9.17. The quantitative estimate of drug-likeness (QED) is 0.564. The van der Waals surface area contributed by atoms with Crippen LogP contribution >= 0.6 is 0 Å². The predicted octanol–water partition coefficient (Wildman–Crippen LogP) is 4.86. The number of hydrogen-bond acceptors (Lipinski definition) is 3. The molecule has 1 aromatic heterocycles. The molecule has 1 heterocycles. The highest BCUT2D eigenvalue weighted by molar-refractivity contribution is 5.92.